The van der Waals surface area contributed by atoms with E-state index in [2.05, 4.69) is 22.3 Å². The lowest BCUT2D eigenvalue weighted by atomic mass is 10.0. The lowest BCUT2D eigenvalue weighted by Crippen LogP contribution is -2.25. The first-order chi connectivity index (χ1) is 9.72. The summed E-state index contributed by atoms with van der Waals surface area (Å²) < 4.78 is 15.7. The number of pyridine rings is 1. The van der Waals surface area contributed by atoms with Crippen LogP contribution in [0.4, 0.5) is 4.39 Å². The van der Waals surface area contributed by atoms with Crippen LogP contribution in [0.3, 0.4) is 0 Å². The summed E-state index contributed by atoms with van der Waals surface area (Å²) >= 11 is 0. The number of nitrogens with one attached hydrogen (secondary N) is 1. The van der Waals surface area contributed by atoms with Gasteiger partial charge in [0, 0.05) is 25.1 Å². The highest BCUT2D eigenvalue weighted by Gasteiger charge is 2.16. The van der Waals surface area contributed by atoms with Gasteiger partial charge in [0.1, 0.15) is 5.82 Å². The van der Waals surface area contributed by atoms with Crippen LogP contribution in [0.2, 0.25) is 0 Å². The molecule has 20 heavy (non-hydrogen) atoms. The predicted octanol–water partition coefficient (Wildman–Crippen LogP) is 2.63. The molecule has 2 heterocycles. The Morgan fingerprint density at radius 3 is 2.85 bits per heavy atom. The quantitative estimate of drug-likeness (QED) is 0.845. The molecule has 0 aliphatic heterocycles. The highest BCUT2D eigenvalue weighted by atomic mass is 19.1. The van der Waals surface area contributed by atoms with Gasteiger partial charge in [-0.3, -0.25) is 9.67 Å². The second-order valence-corrected chi connectivity index (χ2v) is 4.86. The Kier molecular flexibility index (Phi) is 5.24. The van der Waals surface area contributed by atoms with Crippen LogP contribution < -0.4 is 5.32 Å². The van der Waals surface area contributed by atoms with Gasteiger partial charge in [-0.1, -0.05) is 6.92 Å². The van der Waals surface area contributed by atoms with Gasteiger partial charge in [0.25, 0.3) is 0 Å². The first-order valence-electron chi connectivity index (χ1n) is 7.03. The van der Waals surface area contributed by atoms with Gasteiger partial charge < -0.3 is 5.32 Å². The maximum absolute atomic E-state index is 13.9. The largest absolute Gasteiger partial charge is 0.309 e. The Hall–Kier alpha value is -1.75. The van der Waals surface area contributed by atoms with Crippen molar-refractivity contribution in [1.82, 2.24) is 20.1 Å². The van der Waals surface area contributed by atoms with Gasteiger partial charge in [-0.05, 0) is 44.0 Å². The van der Waals surface area contributed by atoms with Gasteiger partial charge in [-0.2, -0.15) is 5.10 Å². The van der Waals surface area contributed by atoms with E-state index in [1.807, 2.05) is 17.8 Å². The summed E-state index contributed by atoms with van der Waals surface area (Å²) in [5.41, 5.74) is 1.65. The van der Waals surface area contributed by atoms with Crippen molar-refractivity contribution in [3.63, 3.8) is 0 Å². The molecule has 0 aliphatic rings. The number of hydrogen-bond acceptors (Lipinski definition) is 3. The standard InChI is InChI=1S/C15H21FN4/c1-3-9-17-14(15-13(16)5-4-10-18-15)7-6-12-8-11-19-20(12)2/h4-5,8,10-11,14,17H,3,6-7,9H2,1-2H3. The van der Waals surface area contributed by atoms with Crippen molar-refractivity contribution in [2.45, 2.75) is 32.2 Å². The minimum absolute atomic E-state index is 0.0638. The number of rotatable bonds is 7. The van der Waals surface area contributed by atoms with Crippen LogP contribution in [-0.4, -0.2) is 21.3 Å². The Morgan fingerprint density at radius 1 is 1.35 bits per heavy atom. The molecule has 108 valence electrons. The molecule has 0 bridgehead atoms. The van der Waals surface area contributed by atoms with E-state index in [1.54, 1.807) is 18.5 Å². The van der Waals surface area contributed by atoms with Gasteiger partial charge >= 0.3 is 0 Å². The van der Waals surface area contributed by atoms with Gasteiger partial charge in [0.15, 0.2) is 0 Å². The molecule has 0 radical (unpaired) electrons. The van der Waals surface area contributed by atoms with E-state index in [0.29, 0.717) is 5.69 Å². The van der Waals surface area contributed by atoms with Crippen molar-refractivity contribution in [3.8, 4) is 0 Å². The van der Waals surface area contributed by atoms with Crippen LogP contribution in [0.15, 0.2) is 30.6 Å². The zero-order valence-corrected chi connectivity index (χ0v) is 12.0. The average Bonchev–Trinajstić information content (AvgIpc) is 2.86. The van der Waals surface area contributed by atoms with E-state index in [1.165, 1.54) is 6.07 Å². The molecule has 1 N–H and O–H groups in total. The first kappa shape index (κ1) is 14.7. The van der Waals surface area contributed by atoms with E-state index in [-0.39, 0.29) is 11.9 Å². The molecule has 2 rings (SSSR count). The molecule has 2 aromatic rings. The van der Waals surface area contributed by atoms with Gasteiger partial charge in [0.2, 0.25) is 0 Å². The van der Waals surface area contributed by atoms with Crippen LogP contribution in [0.1, 0.15) is 37.2 Å². The molecule has 0 spiro atoms. The minimum Gasteiger partial charge on any atom is -0.309 e. The number of hydrogen-bond donors (Lipinski definition) is 1. The fourth-order valence-electron chi connectivity index (χ4n) is 2.25. The summed E-state index contributed by atoms with van der Waals surface area (Å²) in [5.74, 6) is -0.244. The molecular formula is C15H21FN4. The van der Waals surface area contributed by atoms with Crippen molar-refractivity contribution in [3.05, 3.63) is 47.8 Å². The average molecular weight is 276 g/mol. The molecular weight excluding hydrogens is 255 g/mol. The summed E-state index contributed by atoms with van der Waals surface area (Å²) in [4.78, 5) is 4.19. The summed E-state index contributed by atoms with van der Waals surface area (Å²) in [7, 11) is 1.92. The number of nitrogens with zero attached hydrogens (tertiary/aromatic N) is 3. The van der Waals surface area contributed by atoms with Crippen molar-refractivity contribution < 1.29 is 4.39 Å². The molecule has 0 saturated heterocycles. The predicted molar refractivity (Wildman–Crippen MR) is 76.8 cm³/mol. The maximum Gasteiger partial charge on any atom is 0.146 e. The molecule has 0 aromatic carbocycles. The van der Waals surface area contributed by atoms with Gasteiger partial charge in [-0.15, -0.1) is 0 Å². The van der Waals surface area contributed by atoms with Crippen LogP contribution >= 0.6 is 0 Å². The SMILES string of the molecule is CCCNC(CCc1ccnn1C)c1ncccc1F. The Bertz CT molecular complexity index is 538. The van der Waals surface area contributed by atoms with Crippen molar-refractivity contribution in [2.24, 2.45) is 7.05 Å². The monoisotopic (exact) mass is 276 g/mol. The summed E-state index contributed by atoms with van der Waals surface area (Å²) in [6, 6.07) is 5.02. The number of aromatic nitrogens is 3. The van der Waals surface area contributed by atoms with Gasteiger partial charge in [-0.25, -0.2) is 4.39 Å². The molecule has 0 amide bonds. The third-order valence-corrected chi connectivity index (χ3v) is 3.37. The molecule has 4 nitrogen and oxygen atoms in total. The molecule has 0 saturated carbocycles. The molecule has 1 atom stereocenters. The van der Waals surface area contributed by atoms with Crippen molar-refractivity contribution in [1.29, 1.82) is 0 Å². The summed E-state index contributed by atoms with van der Waals surface area (Å²) in [6.07, 6.45) is 6.08. The normalized spacial score (nSPS) is 12.6. The number of halogens is 1. The highest BCUT2D eigenvalue weighted by molar-refractivity contribution is 5.12. The van der Waals surface area contributed by atoms with E-state index < -0.39 is 0 Å². The Morgan fingerprint density at radius 2 is 2.20 bits per heavy atom. The number of aryl methyl sites for hydroxylation is 2. The van der Waals surface area contributed by atoms with Crippen molar-refractivity contribution in [2.75, 3.05) is 6.54 Å². The van der Waals surface area contributed by atoms with E-state index in [9.17, 15) is 4.39 Å². The maximum atomic E-state index is 13.9. The minimum atomic E-state index is -0.244. The smallest absolute Gasteiger partial charge is 0.146 e. The van der Waals surface area contributed by atoms with Gasteiger partial charge in [0.05, 0.1) is 11.7 Å². The van der Waals surface area contributed by atoms with E-state index in [0.717, 1.165) is 31.5 Å². The third-order valence-electron chi connectivity index (χ3n) is 3.37. The van der Waals surface area contributed by atoms with Crippen molar-refractivity contribution >= 4 is 0 Å². The molecule has 0 aliphatic carbocycles. The Labute approximate surface area is 119 Å². The first-order valence-corrected chi connectivity index (χ1v) is 7.03. The zero-order chi connectivity index (χ0) is 14.4. The second-order valence-electron chi connectivity index (χ2n) is 4.86. The lowest BCUT2D eigenvalue weighted by Gasteiger charge is -2.18. The molecule has 0 fully saturated rings. The second kappa shape index (κ2) is 7.14. The highest BCUT2D eigenvalue weighted by Crippen LogP contribution is 2.19. The van der Waals surface area contributed by atoms with Crippen LogP contribution in [0.25, 0.3) is 0 Å². The molecule has 2 aromatic heterocycles. The van der Waals surface area contributed by atoms with Crippen LogP contribution in [-0.2, 0) is 13.5 Å². The van der Waals surface area contributed by atoms with Crippen LogP contribution in [0.5, 0.6) is 0 Å². The van der Waals surface area contributed by atoms with Crippen LogP contribution in [0, 0.1) is 5.82 Å². The van der Waals surface area contributed by atoms with E-state index >= 15 is 0 Å². The summed E-state index contributed by atoms with van der Waals surface area (Å²) in [6.45, 7) is 2.95. The third kappa shape index (κ3) is 3.63. The fourth-order valence-corrected chi connectivity index (χ4v) is 2.25. The molecule has 1 unspecified atom stereocenters. The summed E-state index contributed by atoms with van der Waals surface area (Å²) in [5, 5.41) is 7.53. The lowest BCUT2D eigenvalue weighted by molar-refractivity contribution is 0.456. The topological polar surface area (TPSA) is 42.7 Å². The fraction of sp³-hybridized carbons (Fsp3) is 0.467. The Balaban J connectivity index is 2.08. The van der Waals surface area contributed by atoms with E-state index in [4.69, 9.17) is 0 Å². The molecule has 5 heteroatoms. The zero-order valence-electron chi connectivity index (χ0n) is 12.0.